The van der Waals surface area contributed by atoms with Crippen LogP contribution in [0.25, 0.3) is 21.5 Å². The molecule has 4 rings (SSSR count). The number of fused-ring (bicyclic) bond motifs is 1. The van der Waals surface area contributed by atoms with E-state index in [0.717, 1.165) is 53.5 Å². The van der Waals surface area contributed by atoms with Gasteiger partial charge in [0.25, 0.3) is 0 Å². The van der Waals surface area contributed by atoms with Crippen LogP contribution in [0.3, 0.4) is 0 Å². The van der Waals surface area contributed by atoms with Gasteiger partial charge in [-0.2, -0.15) is 0 Å². The zero-order chi connectivity index (χ0) is 14.2. The molecule has 0 amide bonds. The van der Waals surface area contributed by atoms with Crippen LogP contribution in [0.4, 0.5) is 5.82 Å². The van der Waals surface area contributed by atoms with E-state index in [4.69, 9.17) is 4.42 Å². The molecule has 0 saturated carbocycles. The second-order valence-electron chi connectivity index (χ2n) is 5.12. The summed E-state index contributed by atoms with van der Waals surface area (Å²) in [7, 11) is 0. The average Bonchev–Trinajstić information content (AvgIpc) is 3.15. The molecular formula is C15H16N4OS. The molecule has 21 heavy (non-hydrogen) atoms. The summed E-state index contributed by atoms with van der Waals surface area (Å²) in [5, 5.41) is 5.42. The maximum Gasteiger partial charge on any atom is 0.192 e. The van der Waals surface area contributed by atoms with Crippen molar-refractivity contribution in [1.82, 2.24) is 15.3 Å². The molecule has 0 unspecified atom stereocenters. The Labute approximate surface area is 126 Å². The summed E-state index contributed by atoms with van der Waals surface area (Å²) < 4.78 is 5.87. The van der Waals surface area contributed by atoms with E-state index in [9.17, 15) is 0 Å². The van der Waals surface area contributed by atoms with Crippen LogP contribution in [0.15, 0.2) is 28.1 Å². The Morgan fingerprint density at radius 2 is 2.19 bits per heavy atom. The molecule has 1 fully saturated rings. The van der Waals surface area contributed by atoms with Crippen molar-refractivity contribution in [2.45, 2.75) is 6.92 Å². The number of nitrogens with zero attached hydrogens (tertiary/aromatic N) is 3. The number of pyridine rings is 1. The van der Waals surface area contributed by atoms with E-state index in [-0.39, 0.29) is 0 Å². The summed E-state index contributed by atoms with van der Waals surface area (Å²) in [6.07, 6.45) is 1.91. The van der Waals surface area contributed by atoms with Gasteiger partial charge in [0.05, 0.1) is 5.56 Å². The van der Waals surface area contributed by atoms with Gasteiger partial charge in [0.1, 0.15) is 0 Å². The molecule has 108 valence electrons. The highest BCUT2D eigenvalue weighted by atomic mass is 32.1. The number of nitrogens with one attached hydrogen (secondary N) is 1. The molecule has 3 aromatic rings. The van der Waals surface area contributed by atoms with Gasteiger partial charge in [-0.1, -0.05) is 6.07 Å². The normalized spacial score (nSPS) is 15.8. The smallest absolute Gasteiger partial charge is 0.192 e. The molecule has 0 spiro atoms. The number of aromatic nitrogens is 2. The molecule has 1 aliphatic rings. The molecule has 6 heteroatoms. The van der Waals surface area contributed by atoms with Crippen LogP contribution in [-0.2, 0) is 0 Å². The van der Waals surface area contributed by atoms with Crippen LogP contribution in [0, 0.1) is 6.92 Å². The lowest BCUT2D eigenvalue weighted by Crippen LogP contribution is -2.44. The summed E-state index contributed by atoms with van der Waals surface area (Å²) in [5.74, 6) is 1.62. The van der Waals surface area contributed by atoms with E-state index >= 15 is 0 Å². The lowest BCUT2D eigenvalue weighted by atomic mass is 10.2. The molecule has 1 saturated heterocycles. The molecule has 1 aliphatic heterocycles. The van der Waals surface area contributed by atoms with Gasteiger partial charge in [0.15, 0.2) is 22.8 Å². The Morgan fingerprint density at radius 3 is 2.95 bits per heavy atom. The highest BCUT2D eigenvalue weighted by molar-refractivity contribution is 7.13. The van der Waals surface area contributed by atoms with E-state index in [2.05, 4.69) is 31.6 Å². The molecule has 1 N–H and O–H groups in total. The number of anilines is 1. The van der Waals surface area contributed by atoms with Gasteiger partial charge in [-0.05, 0) is 11.4 Å². The van der Waals surface area contributed by atoms with E-state index < -0.39 is 0 Å². The van der Waals surface area contributed by atoms with Gasteiger partial charge in [0.2, 0.25) is 0 Å². The first-order valence-electron chi connectivity index (χ1n) is 7.08. The van der Waals surface area contributed by atoms with Crippen molar-refractivity contribution in [2.24, 2.45) is 0 Å². The first-order chi connectivity index (χ1) is 10.3. The summed E-state index contributed by atoms with van der Waals surface area (Å²) in [6, 6.07) is 4.13. The monoisotopic (exact) mass is 300 g/mol. The number of oxazole rings is 1. The SMILES string of the molecule is Cc1nc2c(N3CCNCC3)ncc(-c3cccs3)c2o1. The van der Waals surface area contributed by atoms with Crippen LogP contribution in [0.1, 0.15) is 5.89 Å². The minimum absolute atomic E-state index is 0.687. The second-order valence-corrected chi connectivity index (χ2v) is 6.07. The van der Waals surface area contributed by atoms with Gasteiger partial charge in [0, 0.05) is 44.2 Å². The third kappa shape index (κ3) is 2.20. The van der Waals surface area contributed by atoms with Crippen LogP contribution in [-0.4, -0.2) is 36.1 Å². The molecule has 0 radical (unpaired) electrons. The van der Waals surface area contributed by atoms with Crippen LogP contribution >= 0.6 is 11.3 Å². The standard InChI is InChI=1S/C15H16N4OS/c1-10-18-13-14(20-10)11(12-3-2-8-21-12)9-17-15(13)19-6-4-16-5-7-19/h2-3,8-9,16H,4-7H2,1H3. The fourth-order valence-corrected chi connectivity index (χ4v) is 3.46. The Bertz CT molecular complexity index is 759. The van der Waals surface area contributed by atoms with Gasteiger partial charge in [-0.25, -0.2) is 9.97 Å². The van der Waals surface area contributed by atoms with Crippen molar-refractivity contribution in [1.29, 1.82) is 0 Å². The third-order valence-electron chi connectivity index (χ3n) is 3.71. The Balaban J connectivity index is 1.88. The van der Waals surface area contributed by atoms with Gasteiger partial charge >= 0.3 is 0 Å². The zero-order valence-corrected chi connectivity index (χ0v) is 12.6. The summed E-state index contributed by atoms with van der Waals surface area (Å²) in [4.78, 5) is 12.7. The Morgan fingerprint density at radius 1 is 1.33 bits per heavy atom. The number of thiophene rings is 1. The minimum atomic E-state index is 0.687. The fourth-order valence-electron chi connectivity index (χ4n) is 2.72. The van der Waals surface area contributed by atoms with E-state index in [1.165, 1.54) is 0 Å². The lowest BCUT2D eigenvalue weighted by Gasteiger charge is -2.28. The maximum absolute atomic E-state index is 5.87. The average molecular weight is 300 g/mol. The van der Waals surface area contributed by atoms with Gasteiger partial charge in [-0.15, -0.1) is 11.3 Å². The van der Waals surface area contributed by atoms with Crippen molar-refractivity contribution < 1.29 is 4.42 Å². The second kappa shape index (κ2) is 5.13. The zero-order valence-electron chi connectivity index (χ0n) is 11.8. The minimum Gasteiger partial charge on any atom is -0.440 e. The van der Waals surface area contributed by atoms with Crippen molar-refractivity contribution in [3.05, 3.63) is 29.6 Å². The van der Waals surface area contributed by atoms with Crippen molar-refractivity contribution in [3.8, 4) is 10.4 Å². The molecule has 4 heterocycles. The van der Waals surface area contributed by atoms with Gasteiger partial charge < -0.3 is 14.6 Å². The Kier molecular flexibility index (Phi) is 3.12. The number of aryl methyl sites for hydroxylation is 1. The van der Waals surface area contributed by atoms with E-state index in [1.54, 1.807) is 11.3 Å². The quantitative estimate of drug-likeness (QED) is 0.788. The molecule has 0 bridgehead atoms. The first-order valence-corrected chi connectivity index (χ1v) is 7.96. The van der Waals surface area contributed by atoms with Crippen molar-refractivity contribution >= 4 is 28.3 Å². The molecule has 0 atom stereocenters. The summed E-state index contributed by atoms with van der Waals surface area (Å²) in [5.41, 5.74) is 2.75. The molecule has 3 aromatic heterocycles. The van der Waals surface area contributed by atoms with Crippen LogP contribution in [0.5, 0.6) is 0 Å². The summed E-state index contributed by atoms with van der Waals surface area (Å²) in [6.45, 7) is 5.75. The maximum atomic E-state index is 5.87. The van der Waals surface area contributed by atoms with E-state index in [1.807, 2.05) is 19.2 Å². The van der Waals surface area contributed by atoms with E-state index in [0.29, 0.717) is 5.89 Å². The fraction of sp³-hybridized carbons (Fsp3) is 0.333. The predicted octanol–water partition coefficient (Wildman–Crippen LogP) is 2.67. The van der Waals surface area contributed by atoms with Crippen molar-refractivity contribution in [3.63, 3.8) is 0 Å². The van der Waals surface area contributed by atoms with Crippen LogP contribution in [0.2, 0.25) is 0 Å². The van der Waals surface area contributed by atoms with Crippen LogP contribution < -0.4 is 10.2 Å². The molecule has 0 aromatic carbocycles. The number of hydrogen-bond acceptors (Lipinski definition) is 6. The topological polar surface area (TPSA) is 54.2 Å². The Hall–Kier alpha value is -1.92. The third-order valence-corrected chi connectivity index (χ3v) is 4.61. The largest absolute Gasteiger partial charge is 0.440 e. The lowest BCUT2D eigenvalue weighted by molar-refractivity contribution is 0.561. The predicted molar refractivity (Wildman–Crippen MR) is 84.9 cm³/mol. The van der Waals surface area contributed by atoms with Crippen molar-refractivity contribution in [2.75, 3.05) is 31.1 Å². The van der Waals surface area contributed by atoms with Gasteiger partial charge in [-0.3, -0.25) is 0 Å². The number of piperazine rings is 1. The number of hydrogen-bond donors (Lipinski definition) is 1. The molecule has 5 nitrogen and oxygen atoms in total. The first kappa shape index (κ1) is 12.8. The summed E-state index contributed by atoms with van der Waals surface area (Å²) >= 11 is 1.69. The molecular weight excluding hydrogens is 284 g/mol. The number of rotatable bonds is 2. The highest BCUT2D eigenvalue weighted by Crippen LogP contribution is 2.35. The molecule has 0 aliphatic carbocycles. The highest BCUT2D eigenvalue weighted by Gasteiger charge is 2.20.